The Labute approximate surface area is 208 Å². The van der Waals surface area contributed by atoms with Crippen molar-refractivity contribution in [2.45, 2.75) is 50.7 Å². The van der Waals surface area contributed by atoms with Gasteiger partial charge in [-0.25, -0.2) is 14.4 Å². The highest BCUT2D eigenvalue weighted by Gasteiger charge is 2.42. The molecule has 3 heterocycles. The van der Waals surface area contributed by atoms with Gasteiger partial charge in [0.2, 0.25) is 5.91 Å². The molecule has 0 spiro atoms. The van der Waals surface area contributed by atoms with Crippen molar-refractivity contribution < 1.29 is 13.9 Å². The van der Waals surface area contributed by atoms with Gasteiger partial charge in [-0.1, -0.05) is 24.2 Å². The molecule has 5 rings (SSSR count). The number of nitrogens with one attached hydrogen (secondary N) is 2. The van der Waals surface area contributed by atoms with E-state index >= 15 is 0 Å². The highest BCUT2D eigenvalue weighted by Crippen LogP contribution is 2.40. The van der Waals surface area contributed by atoms with E-state index in [9.17, 15) is 9.18 Å². The molecule has 2 aliphatic heterocycles. The number of benzene rings is 2. The summed E-state index contributed by atoms with van der Waals surface area (Å²) in [6.07, 6.45) is 6.54. The van der Waals surface area contributed by atoms with Gasteiger partial charge < -0.3 is 20.3 Å². The Bertz CT molecular complexity index is 1300. The van der Waals surface area contributed by atoms with Gasteiger partial charge in [-0.15, -0.1) is 0 Å². The third-order valence-corrected chi connectivity index (χ3v) is 7.47. The van der Waals surface area contributed by atoms with Crippen LogP contribution in [0.25, 0.3) is 10.9 Å². The van der Waals surface area contributed by atoms with Crippen LogP contribution in [0, 0.1) is 12.7 Å². The van der Waals surface area contributed by atoms with E-state index in [4.69, 9.17) is 16.3 Å². The van der Waals surface area contributed by atoms with Gasteiger partial charge in [-0.2, -0.15) is 0 Å². The first-order valence-electron chi connectivity index (χ1n) is 11.6. The number of halogens is 2. The number of carbonyl (C=O) groups is 1. The number of hydrogen-bond acceptors (Lipinski definition) is 6. The molecule has 2 aliphatic rings. The molecule has 0 aliphatic carbocycles. The molecular weight excluding hydrogens is 469 g/mol. The maximum absolute atomic E-state index is 14.7. The Morgan fingerprint density at radius 2 is 1.97 bits per heavy atom. The normalized spacial score (nSPS) is 21.1. The zero-order chi connectivity index (χ0) is 24.7. The van der Waals surface area contributed by atoms with Crippen LogP contribution >= 0.6 is 11.6 Å². The Hall–Kier alpha value is -3.39. The van der Waals surface area contributed by atoms with Crippen molar-refractivity contribution in [1.82, 2.24) is 14.9 Å². The number of hydrogen-bond donors (Lipinski definition) is 2. The molecule has 2 aromatic carbocycles. The zero-order valence-corrected chi connectivity index (χ0v) is 20.4. The van der Waals surface area contributed by atoms with Gasteiger partial charge in [0.15, 0.2) is 5.82 Å². The smallest absolute Gasteiger partial charge is 0.246 e. The molecule has 2 N–H and O–H groups in total. The van der Waals surface area contributed by atoms with Crippen molar-refractivity contribution in [1.29, 1.82) is 0 Å². The highest BCUT2D eigenvalue weighted by molar-refractivity contribution is 6.31. The molecule has 2 bridgehead atoms. The second-order valence-electron chi connectivity index (χ2n) is 9.12. The van der Waals surface area contributed by atoms with Crippen LogP contribution in [0.2, 0.25) is 5.02 Å². The number of carbonyl (C=O) groups excluding carboxylic acids is 1. The van der Waals surface area contributed by atoms with Gasteiger partial charge >= 0.3 is 0 Å². The van der Waals surface area contributed by atoms with Crippen LogP contribution in [0.5, 0.6) is 5.75 Å². The van der Waals surface area contributed by atoms with Gasteiger partial charge in [0.25, 0.3) is 0 Å². The number of amides is 1. The molecule has 1 amide bonds. The maximum atomic E-state index is 14.7. The largest absolute Gasteiger partial charge is 0.495 e. The SMILES string of the molecule is C=CC(=O)N1C2CCC1CC(Nc1cc3c(Nc4ccc(C)c(Cl)c4F)ncnc3cc1OC)C2. The average Bonchev–Trinajstić information content (AvgIpc) is 3.13. The second kappa shape index (κ2) is 9.34. The minimum Gasteiger partial charge on any atom is -0.495 e. The third-order valence-electron chi connectivity index (χ3n) is 7.01. The standard InChI is InChI=1S/C26H27ClFN5O2/c1-4-23(34)33-16-6-7-17(33)10-15(9-16)31-21-11-18-20(12-22(21)35-3)29-13-30-26(18)32-19-8-5-14(2)24(27)25(19)28/h4-5,8,11-13,15-17,31H,1,6-7,9-10H2,2-3H3,(H,29,30,32). The molecule has 0 saturated carbocycles. The number of rotatable bonds is 6. The molecule has 1 aromatic heterocycles. The molecule has 182 valence electrons. The molecule has 7 nitrogen and oxygen atoms in total. The van der Waals surface area contributed by atoms with E-state index in [0.717, 1.165) is 31.4 Å². The van der Waals surface area contributed by atoms with Crippen molar-refractivity contribution >= 4 is 45.6 Å². The summed E-state index contributed by atoms with van der Waals surface area (Å²) in [4.78, 5) is 23.0. The van der Waals surface area contributed by atoms with E-state index < -0.39 is 5.82 Å². The van der Waals surface area contributed by atoms with Crippen LogP contribution in [0.4, 0.5) is 21.6 Å². The van der Waals surface area contributed by atoms with Crippen molar-refractivity contribution in [2.24, 2.45) is 0 Å². The summed E-state index contributed by atoms with van der Waals surface area (Å²) < 4.78 is 20.4. The summed E-state index contributed by atoms with van der Waals surface area (Å²) in [5.41, 5.74) is 2.36. The summed E-state index contributed by atoms with van der Waals surface area (Å²) in [6.45, 7) is 5.41. The van der Waals surface area contributed by atoms with Crippen molar-refractivity contribution in [2.75, 3.05) is 17.7 Å². The van der Waals surface area contributed by atoms with E-state index in [2.05, 4.69) is 27.2 Å². The molecule has 2 saturated heterocycles. The lowest BCUT2D eigenvalue weighted by molar-refractivity contribution is -0.130. The lowest BCUT2D eigenvalue weighted by Gasteiger charge is -2.39. The first-order chi connectivity index (χ1) is 16.9. The minimum atomic E-state index is -0.526. The number of aromatic nitrogens is 2. The zero-order valence-electron chi connectivity index (χ0n) is 19.6. The fraction of sp³-hybridized carbons (Fsp3) is 0.346. The molecule has 2 unspecified atom stereocenters. The molecule has 9 heteroatoms. The monoisotopic (exact) mass is 495 g/mol. The Morgan fingerprint density at radius 1 is 1.23 bits per heavy atom. The van der Waals surface area contributed by atoms with Crippen molar-refractivity contribution in [3.8, 4) is 5.75 Å². The molecular formula is C26H27ClFN5O2. The summed E-state index contributed by atoms with van der Waals surface area (Å²) >= 11 is 6.10. The fourth-order valence-electron chi connectivity index (χ4n) is 5.32. The van der Waals surface area contributed by atoms with Crippen LogP contribution in [-0.4, -0.2) is 46.0 Å². The van der Waals surface area contributed by atoms with Gasteiger partial charge in [0, 0.05) is 29.6 Å². The fourth-order valence-corrected chi connectivity index (χ4v) is 5.48. The van der Waals surface area contributed by atoms with Gasteiger partial charge in [-0.05, 0) is 56.4 Å². The van der Waals surface area contributed by atoms with E-state index in [0.29, 0.717) is 28.0 Å². The highest BCUT2D eigenvalue weighted by atomic mass is 35.5. The topological polar surface area (TPSA) is 79.4 Å². The Kier molecular flexibility index (Phi) is 6.23. The lowest BCUT2D eigenvalue weighted by Crippen LogP contribution is -2.49. The third kappa shape index (κ3) is 4.27. The van der Waals surface area contributed by atoms with Gasteiger partial charge in [0.1, 0.15) is 17.9 Å². The summed E-state index contributed by atoms with van der Waals surface area (Å²) in [5.74, 6) is 0.604. The van der Waals surface area contributed by atoms with Crippen molar-refractivity contribution in [3.05, 3.63) is 59.7 Å². The average molecular weight is 496 g/mol. The van der Waals surface area contributed by atoms with Crippen LogP contribution in [0.1, 0.15) is 31.2 Å². The van der Waals surface area contributed by atoms with E-state index in [1.165, 1.54) is 12.4 Å². The summed E-state index contributed by atoms with van der Waals surface area (Å²) in [5, 5.41) is 7.48. The lowest BCUT2D eigenvalue weighted by atomic mass is 9.96. The van der Waals surface area contributed by atoms with Gasteiger partial charge in [-0.3, -0.25) is 4.79 Å². The van der Waals surface area contributed by atoms with E-state index in [1.54, 1.807) is 26.2 Å². The number of ether oxygens (including phenoxy) is 1. The van der Waals surface area contributed by atoms with E-state index in [1.807, 2.05) is 17.0 Å². The number of piperidine rings is 1. The molecule has 2 atom stereocenters. The van der Waals surface area contributed by atoms with Crippen LogP contribution in [0.3, 0.4) is 0 Å². The van der Waals surface area contributed by atoms with Crippen molar-refractivity contribution in [3.63, 3.8) is 0 Å². The van der Waals surface area contributed by atoms with Crippen LogP contribution < -0.4 is 15.4 Å². The summed E-state index contributed by atoms with van der Waals surface area (Å²) in [7, 11) is 1.62. The predicted molar refractivity (Wildman–Crippen MR) is 136 cm³/mol. The quantitative estimate of drug-likeness (QED) is 0.433. The number of anilines is 3. The summed E-state index contributed by atoms with van der Waals surface area (Å²) in [6, 6.07) is 7.76. The number of nitrogens with zero attached hydrogens (tertiary/aromatic N) is 3. The number of aryl methyl sites for hydroxylation is 1. The Morgan fingerprint density at radius 3 is 2.66 bits per heavy atom. The number of methoxy groups -OCH3 is 1. The molecule has 35 heavy (non-hydrogen) atoms. The minimum absolute atomic E-state index is 0.00976. The van der Waals surface area contributed by atoms with Gasteiger partial charge in [0.05, 0.1) is 29.0 Å². The Balaban J connectivity index is 1.45. The predicted octanol–water partition coefficient (Wildman–Crippen LogP) is 5.60. The first kappa shape index (κ1) is 23.4. The molecule has 0 radical (unpaired) electrons. The first-order valence-corrected chi connectivity index (χ1v) is 12.0. The van der Waals surface area contributed by atoms with E-state index in [-0.39, 0.29) is 34.7 Å². The van der Waals surface area contributed by atoms with Crippen LogP contribution in [0.15, 0.2) is 43.2 Å². The molecule has 2 fully saturated rings. The van der Waals surface area contributed by atoms with Crippen LogP contribution in [-0.2, 0) is 4.79 Å². The maximum Gasteiger partial charge on any atom is 0.246 e. The number of fused-ring (bicyclic) bond motifs is 3. The second-order valence-corrected chi connectivity index (χ2v) is 9.50. The molecule has 3 aromatic rings.